The van der Waals surface area contributed by atoms with Crippen molar-refractivity contribution in [3.8, 4) is 0 Å². The number of carbonyl (C=O) groups excluding carboxylic acids is 4. The number of hydrogen-bond acceptors (Lipinski definition) is 5. The van der Waals surface area contributed by atoms with Crippen LogP contribution in [0.3, 0.4) is 0 Å². The second-order valence-electron chi connectivity index (χ2n) is 10.5. The highest BCUT2D eigenvalue weighted by molar-refractivity contribution is 6.34. The Morgan fingerprint density at radius 1 is 1.05 bits per heavy atom. The Labute approximate surface area is 228 Å². The Balaban J connectivity index is 2.04. The molecule has 3 rings (SSSR count). The van der Waals surface area contributed by atoms with Crippen LogP contribution in [0, 0.1) is 13.8 Å². The summed E-state index contributed by atoms with van der Waals surface area (Å²) in [6.07, 6.45) is 0.0220. The molecule has 4 N–H and O–H groups in total. The van der Waals surface area contributed by atoms with Crippen molar-refractivity contribution < 1.29 is 23.9 Å². The number of nitrogens with zero attached hydrogens (tertiary/aromatic N) is 1. The first kappa shape index (κ1) is 29.0. The number of nitrogens with two attached hydrogens (primary N) is 1. The van der Waals surface area contributed by atoms with Crippen LogP contribution in [0.25, 0.3) is 0 Å². The molecule has 0 saturated heterocycles. The number of benzene rings is 2. The van der Waals surface area contributed by atoms with E-state index in [1.54, 1.807) is 45.0 Å². The van der Waals surface area contributed by atoms with E-state index in [-0.39, 0.29) is 6.04 Å². The number of ether oxygens (including phenoxy) is 1. The first-order valence-corrected chi connectivity index (χ1v) is 12.9. The summed E-state index contributed by atoms with van der Waals surface area (Å²) < 4.78 is 5.31. The van der Waals surface area contributed by atoms with Crippen molar-refractivity contribution in [1.82, 2.24) is 10.2 Å². The molecule has 38 heavy (non-hydrogen) atoms. The predicted molar refractivity (Wildman–Crippen MR) is 146 cm³/mol. The van der Waals surface area contributed by atoms with Crippen molar-refractivity contribution in [1.29, 1.82) is 0 Å². The van der Waals surface area contributed by atoms with Crippen LogP contribution in [0.4, 0.5) is 10.5 Å². The van der Waals surface area contributed by atoms with Gasteiger partial charge in [0.15, 0.2) is 0 Å². The van der Waals surface area contributed by atoms with E-state index in [0.717, 1.165) is 11.1 Å². The minimum atomic E-state index is -1.32. The minimum absolute atomic E-state index is 0.263. The summed E-state index contributed by atoms with van der Waals surface area (Å²) >= 11 is 6.38. The number of amides is 4. The fourth-order valence-corrected chi connectivity index (χ4v) is 4.46. The highest BCUT2D eigenvalue weighted by Crippen LogP contribution is 2.38. The maximum Gasteiger partial charge on any atom is 0.408 e. The largest absolute Gasteiger partial charge is 0.444 e. The van der Waals surface area contributed by atoms with Gasteiger partial charge >= 0.3 is 6.09 Å². The molecule has 9 nitrogen and oxygen atoms in total. The number of anilines is 1. The monoisotopic (exact) mass is 542 g/mol. The van der Waals surface area contributed by atoms with Crippen molar-refractivity contribution in [2.45, 2.75) is 77.6 Å². The number of alkyl carbamates (subject to hydrolysis) is 1. The number of halogens is 1. The lowest BCUT2D eigenvalue weighted by Gasteiger charge is -2.35. The van der Waals surface area contributed by atoms with E-state index in [0.29, 0.717) is 29.1 Å². The van der Waals surface area contributed by atoms with Crippen molar-refractivity contribution >= 4 is 41.1 Å². The third-order valence-electron chi connectivity index (χ3n) is 6.07. The highest BCUT2D eigenvalue weighted by Gasteiger charge is 2.45. The third-order valence-corrected chi connectivity index (χ3v) is 6.38. The van der Waals surface area contributed by atoms with Crippen LogP contribution in [0.2, 0.25) is 5.02 Å². The van der Waals surface area contributed by atoms with Gasteiger partial charge in [-0.25, -0.2) is 4.79 Å². The van der Waals surface area contributed by atoms with E-state index in [1.807, 2.05) is 32.0 Å². The number of primary amides is 1. The standard InChI is InChI=1S/C28H35ClN4O5/c1-16-9-6-7-11-19(16)24(25(35)32-23-17(2)10-8-12-20(23)29)33(18-13-14-18)26(36)21(15-22(30)34)31-27(37)38-28(3,4)5/h6-12,18,21,24H,13-15H2,1-5H3,(H2,30,34)(H,31,37)(H,32,35). The second kappa shape index (κ2) is 11.9. The van der Waals surface area contributed by atoms with Gasteiger partial charge in [-0.05, 0) is 70.2 Å². The van der Waals surface area contributed by atoms with E-state index in [2.05, 4.69) is 10.6 Å². The summed E-state index contributed by atoms with van der Waals surface area (Å²) in [6.45, 7) is 8.73. The summed E-state index contributed by atoms with van der Waals surface area (Å²) in [4.78, 5) is 53.9. The number of carbonyl (C=O) groups is 4. The zero-order valence-electron chi connectivity index (χ0n) is 22.3. The SMILES string of the molecule is Cc1ccccc1C(C(=O)Nc1c(C)cccc1Cl)N(C(=O)C(CC(N)=O)NC(=O)OC(C)(C)C)C1CC1. The summed E-state index contributed by atoms with van der Waals surface area (Å²) in [5, 5.41) is 5.76. The van der Waals surface area contributed by atoms with Gasteiger partial charge in [0.25, 0.3) is 5.91 Å². The smallest absolute Gasteiger partial charge is 0.408 e. The predicted octanol–water partition coefficient (Wildman–Crippen LogP) is 4.40. The van der Waals surface area contributed by atoms with Crippen molar-refractivity contribution in [3.63, 3.8) is 0 Å². The second-order valence-corrected chi connectivity index (χ2v) is 10.9. The Hall–Kier alpha value is -3.59. The average molecular weight is 543 g/mol. The molecule has 4 amide bonds. The minimum Gasteiger partial charge on any atom is -0.444 e. The summed E-state index contributed by atoms with van der Waals surface area (Å²) in [5.74, 6) is -1.85. The lowest BCUT2D eigenvalue weighted by molar-refractivity contribution is -0.142. The Morgan fingerprint density at radius 2 is 1.68 bits per heavy atom. The molecular formula is C28H35ClN4O5. The zero-order chi connectivity index (χ0) is 28.2. The fourth-order valence-electron chi connectivity index (χ4n) is 4.19. The first-order valence-electron chi connectivity index (χ1n) is 12.5. The van der Waals surface area contributed by atoms with E-state index in [9.17, 15) is 19.2 Å². The maximum atomic E-state index is 14.0. The summed E-state index contributed by atoms with van der Waals surface area (Å²) in [6, 6.07) is 9.91. The number of hydrogen-bond donors (Lipinski definition) is 3. The van der Waals surface area contributed by atoms with Gasteiger partial charge in [0.05, 0.1) is 17.1 Å². The molecule has 0 aliphatic heterocycles. The molecule has 0 bridgehead atoms. The summed E-state index contributed by atoms with van der Waals surface area (Å²) in [5.41, 5.74) is 7.24. The molecule has 204 valence electrons. The van der Waals surface area contributed by atoms with Gasteiger partial charge in [0, 0.05) is 6.04 Å². The molecular weight excluding hydrogens is 508 g/mol. The van der Waals surface area contributed by atoms with Gasteiger partial charge in [-0.15, -0.1) is 0 Å². The van der Waals surface area contributed by atoms with E-state index in [1.165, 1.54) is 4.90 Å². The molecule has 1 saturated carbocycles. The number of rotatable bonds is 9. The zero-order valence-corrected chi connectivity index (χ0v) is 23.1. The molecule has 1 aliphatic rings. The molecule has 10 heteroatoms. The topological polar surface area (TPSA) is 131 Å². The van der Waals surface area contributed by atoms with Gasteiger partial charge in [-0.1, -0.05) is 48.0 Å². The lowest BCUT2D eigenvalue weighted by Crippen LogP contribution is -2.54. The fraction of sp³-hybridized carbons (Fsp3) is 0.429. The molecule has 0 aromatic heterocycles. The van der Waals surface area contributed by atoms with Gasteiger partial charge in [0.1, 0.15) is 17.7 Å². The normalized spacial score (nSPS) is 14.7. The van der Waals surface area contributed by atoms with Crippen molar-refractivity contribution in [2.75, 3.05) is 5.32 Å². The quantitative estimate of drug-likeness (QED) is 0.432. The molecule has 1 fully saturated rings. The van der Waals surface area contributed by atoms with E-state index < -0.39 is 47.9 Å². The molecule has 2 aromatic rings. The molecule has 0 spiro atoms. The van der Waals surface area contributed by atoms with Crippen molar-refractivity contribution in [2.24, 2.45) is 5.73 Å². The Bertz CT molecular complexity index is 1200. The number of para-hydroxylation sites is 1. The molecule has 1 aliphatic carbocycles. The van der Waals surface area contributed by atoms with E-state index >= 15 is 0 Å². The van der Waals surface area contributed by atoms with Crippen molar-refractivity contribution in [3.05, 3.63) is 64.2 Å². The maximum absolute atomic E-state index is 14.0. The molecule has 2 aromatic carbocycles. The third kappa shape index (κ3) is 7.47. The van der Waals surface area contributed by atoms with Gasteiger partial charge < -0.3 is 26.0 Å². The van der Waals surface area contributed by atoms with Crippen LogP contribution in [0.1, 0.15) is 62.8 Å². The first-order chi connectivity index (χ1) is 17.8. The van der Waals surface area contributed by atoms with Crippen LogP contribution < -0.4 is 16.4 Å². The van der Waals surface area contributed by atoms with Crippen LogP contribution in [-0.4, -0.2) is 46.4 Å². The average Bonchev–Trinajstić information content (AvgIpc) is 3.63. The van der Waals surface area contributed by atoms with Crippen LogP contribution in [0.5, 0.6) is 0 Å². The number of aryl methyl sites for hydroxylation is 2. The van der Waals surface area contributed by atoms with Crippen LogP contribution in [-0.2, 0) is 19.1 Å². The molecule has 0 heterocycles. The molecule has 0 radical (unpaired) electrons. The van der Waals surface area contributed by atoms with Gasteiger partial charge in [0.2, 0.25) is 11.8 Å². The Morgan fingerprint density at radius 3 is 2.24 bits per heavy atom. The Kier molecular flexibility index (Phi) is 9.04. The molecule has 2 atom stereocenters. The summed E-state index contributed by atoms with van der Waals surface area (Å²) in [7, 11) is 0. The van der Waals surface area contributed by atoms with Crippen LogP contribution >= 0.6 is 11.6 Å². The van der Waals surface area contributed by atoms with Gasteiger partial charge in [-0.2, -0.15) is 0 Å². The van der Waals surface area contributed by atoms with Crippen LogP contribution in [0.15, 0.2) is 42.5 Å². The molecule has 2 unspecified atom stereocenters. The highest BCUT2D eigenvalue weighted by atomic mass is 35.5. The number of nitrogens with one attached hydrogen (secondary N) is 2. The lowest BCUT2D eigenvalue weighted by atomic mass is 9.97. The van der Waals surface area contributed by atoms with Gasteiger partial charge in [-0.3, -0.25) is 14.4 Å². The van der Waals surface area contributed by atoms with E-state index in [4.69, 9.17) is 22.1 Å².